The highest BCUT2D eigenvalue weighted by Gasteiger charge is 2.19. The van der Waals surface area contributed by atoms with E-state index in [0.717, 1.165) is 5.69 Å². The number of hydrogen-bond acceptors (Lipinski definition) is 2. The van der Waals surface area contributed by atoms with Gasteiger partial charge in [0.05, 0.1) is 11.3 Å². The smallest absolute Gasteiger partial charge is 0.101 e. The molecular formula is C15H19ClN2. The molecule has 96 valence electrons. The first-order chi connectivity index (χ1) is 8.72. The number of nitrogens with zero attached hydrogens (tertiary/aromatic N) is 2. The Morgan fingerprint density at radius 2 is 1.89 bits per heavy atom. The van der Waals surface area contributed by atoms with Crippen molar-refractivity contribution in [3.8, 4) is 6.07 Å². The molecule has 1 aromatic carbocycles. The number of nitriles is 1. The van der Waals surface area contributed by atoms with E-state index in [2.05, 4.69) is 18.0 Å². The molecule has 1 aromatic rings. The fourth-order valence-corrected chi connectivity index (χ4v) is 2.92. The highest BCUT2D eigenvalue weighted by molar-refractivity contribution is 6.30. The minimum absolute atomic E-state index is 0.556. The Bertz CT molecular complexity index is 442. The molecule has 18 heavy (non-hydrogen) atoms. The second-order valence-electron chi connectivity index (χ2n) is 5.03. The largest absolute Gasteiger partial charge is 0.371 e. The van der Waals surface area contributed by atoms with Gasteiger partial charge in [0.25, 0.3) is 0 Å². The number of halogens is 1. The lowest BCUT2D eigenvalue weighted by molar-refractivity contribution is 0.553. The Morgan fingerprint density at radius 1 is 1.22 bits per heavy atom. The van der Waals surface area contributed by atoms with Crippen LogP contribution in [0.15, 0.2) is 18.2 Å². The van der Waals surface area contributed by atoms with E-state index in [1.165, 1.54) is 38.5 Å². The van der Waals surface area contributed by atoms with Crippen molar-refractivity contribution in [3.05, 3.63) is 28.8 Å². The van der Waals surface area contributed by atoms with Crippen molar-refractivity contribution >= 4 is 17.3 Å². The Kier molecular flexibility index (Phi) is 4.49. The van der Waals surface area contributed by atoms with Crippen molar-refractivity contribution in [2.75, 3.05) is 11.9 Å². The van der Waals surface area contributed by atoms with Crippen LogP contribution in [-0.4, -0.2) is 13.1 Å². The van der Waals surface area contributed by atoms with Crippen molar-refractivity contribution in [1.82, 2.24) is 0 Å². The molecule has 0 spiro atoms. The highest BCUT2D eigenvalue weighted by atomic mass is 35.5. The predicted octanol–water partition coefficient (Wildman–Crippen LogP) is 4.37. The van der Waals surface area contributed by atoms with Crippen LogP contribution < -0.4 is 4.90 Å². The van der Waals surface area contributed by atoms with Gasteiger partial charge in [-0.05, 0) is 31.0 Å². The average molecular weight is 263 g/mol. The molecule has 0 amide bonds. The fourth-order valence-electron chi connectivity index (χ4n) is 2.75. The third-order valence-electron chi connectivity index (χ3n) is 3.83. The molecule has 0 radical (unpaired) electrons. The summed E-state index contributed by atoms with van der Waals surface area (Å²) in [6.45, 7) is 0. The van der Waals surface area contributed by atoms with Crippen molar-refractivity contribution in [1.29, 1.82) is 5.26 Å². The lowest BCUT2D eigenvalue weighted by Crippen LogP contribution is -2.31. The van der Waals surface area contributed by atoms with Crippen LogP contribution in [0.5, 0.6) is 0 Å². The number of rotatable bonds is 2. The summed E-state index contributed by atoms with van der Waals surface area (Å²) < 4.78 is 0. The Labute approximate surface area is 114 Å². The summed E-state index contributed by atoms with van der Waals surface area (Å²) in [5.41, 5.74) is 1.68. The van der Waals surface area contributed by atoms with Crippen LogP contribution >= 0.6 is 11.6 Å². The molecule has 0 aliphatic heterocycles. The van der Waals surface area contributed by atoms with Crippen LogP contribution in [-0.2, 0) is 0 Å². The van der Waals surface area contributed by atoms with Crippen LogP contribution in [0.1, 0.15) is 44.1 Å². The maximum absolute atomic E-state index is 9.21. The Hall–Kier alpha value is -1.20. The molecule has 0 bridgehead atoms. The fraction of sp³-hybridized carbons (Fsp3) is 0.533. The summed E-state index contributed by atoms with van der Waals surface area (Å²) in [7, 11) is 2.10. The second kappa shape index (κ2) is 6.11. The molecule has 0 saturated heterocycles. The normalized spacial score (nSPS) is 16.9. The Morgan fingerprint density at radius 3 is 2.50 bits per heavy atom. The van der Waals surface area contributed by atoms with Gasteiger partial charge in [-0.2, -0.15) is 5.26 Å². The van der Waals surface area contributed by atoms with Crippen molar-refractivity contribution in [3.63, 3.8) is 0 Å². The van der Waals surface area contributed by atoms with Crippen LogP contribution in [0.4, 0.5) is 5.69 Å². The van der Waals surface area contributed by atoms with E-state index in [1.807, 2.05) is 12.1 Å². The maximum Gasteiger partial charge on any atom is 0.101 e. The molecule has 1 aliphatic rings. The standard InChI is InChI=1S/C15H19ClN2/c1-18(14-6-4-2-3-5-7-14)15-9-8-13(16)10-12(15)11-17/h8-10,14H,2-7H2,1H3. The van der Waals surface area contributed by atoms with Crippen LogP contribution in [0.3, 0.4) is 0 Å². The third-order valence-corrected chi connectivity index (χ3v) is 4.07. The Balaban J connectivity index is 2.22. The SMILES string of the molecule is CN(c1ccc(Cl)cc1C#N)C1CCCCCC1. The molecule has 0 atom stereocenters. The molecule has 2 nitrogen and oxygen atoms in total. The quantitative estimate of drug-likeness (QED) is 0.740. The topological polar surface area (TPSA) is 27.0 Å². The van der Waals surface area contributed by atoms with E-state index in [1.54, 1.807) is 6.07 Å². The van der Waals surface area contributed by atoms with Gasteiger partial charge in [-0.25, -0.2) is 0 Å². The first-order valence-electron chi connectivity index (χ1n) is 6.65. The monoisotopic (exact) mass is 262 g/mol. The summed E-state index contributed by atoms with van der Waals surface area (Å²) in [6, 6.07) is 8.39. The molecule has 0 aromatic heterocycles. The molecule has 1 fully saturated rings. The van der Waals surface area contributed by atoms with Crippen molar-refractivity contribution in [2.45, 2.75) is 44.6 Å². The highest BCUT2D eigenvalue weighted by Crippen LogP contribution is 2.29. The van der Waals surface area contributed by atoms with Gasteiger partial charge in [-0.15, -0.1) is 0 Å². The van der Waals surface area contributed by atoms with E-state index in [-0.39, 0.29) is 0 Å². The summed E-state index contributed by atoms with van der Waals surface area (Å²) in [4.78, 5) is 2.26. The number of anilines is 1. The minimum Gasteiger partial charge on any atom is -0.371 e. The summed E-state index contributed by atoms with van der Waals surface area (Å²) in [5.74, 6) is 0. The van der Waals surface area contributed by atoms with E-state index < -0.39 is 0 Å². The predicted molar refractivity (Wildman–Crippen MR) is 76.1 cm³/mol. The molecule has 0 N–H and O–H groups in total. The van der Waals surface area contributed by atoms with Gasteiger partial charge < -0.3 is 4.90 Å². The van der Waals surface area contributed by atoms with Gasteiger partial charge in [0.1, 0.15) is 6.07 Å². The van der Waals surface area contributed by atoms with Gasteiger partial charge in [-0.1, -0.05) is 37.3 Å². The van der Waals surface area contributed by atoms with Crippen LogP contribution in [0.25, 0.3) is 0 Å². The summed E-state index contributed by atoms with van der Waals surface area (Å²) in [5, 5.41) is 9.84. The zero-order valence-corrected chi connectivity index (χ0v) is 11.6. The molecule has 0 unspecified atom stereocenters. The molecular weight excluding hydrogens is 244 g/mol. The number of benzene rings is 1. The zero-order valence-electron chi connectivity index (χ0n) is 10.8. The number of hydrogen-bond donors (Lipinski definition) is 0. The van der Waals surface area contributed by atoms with Gasteiger partial charge in [0.15, 0.2) is 0 Å². The molecule has 1 saturated carbocycles. The van der Waals surface area contributed by atoms with E-state index >= 15 is 0 Å². The summed E-state index contributed by atoms with van der Waals surface area (Å²) in [6.07, 6.45) is 7.73. The lowest BCUT2D eigenvalue weighted by atomic mass is 10.1. The third kappa shape index (κ3) is 2.97. The van der Waals surface area contributed by atoms with Gasteiger partial charge in [0, 0.05) is 18.1 Å². The molecule has 3 heteroatoms. The van der Waals surface area contributed by atoms with E-state index in [4.69, 9.17) is 11.6 Å². The first kappa shape index (κ1) is 13.2. The maximum atomic E-state index is 9.21. The molecule has 0 heterocycles. The zero-order chi connectivity index (χ0) is 13.0. The van der Waals surface area contributed by atoms with Gasteiger partial charge >= 0.3 is 0 Å². The average Bonchev–Trinajstić information content (AvgIpc) is 2.66. The second-order valence-corrected chi connectivity index (χ2v) is 5.47. The lowest BCUT2D eigenvalue weighted by Gasteiger charge is -2.30. The van der Waals surface area contributed by atoms with Crippen LogP contribution in [0.2, 0.25) is 5.02 Å². The first-order valence-corrected chi connectivity index (χ1v) is 7.02. The van der Waals surface area contributed by atoms with E-state index in [0.29, 0.717) is 16.6 Å². The molecule has 2 rings (SSSR count). The summed E-state index contributed by atoms with van der Waals surface area (Å²) >= 11 is 5.94. The van der Waals surface area contributed by atoms with Crippen molar-refractivity contribution in [2.24, 2.45) is 0 Å². The minimum atomic E-state index is 0.556. The van der Waals surface area contributed by atoms with Gasteiger partial charge in [0.2, 0.25) is 0 Å². The van der Waals surface area contributed by atoms with Crippen LogP contribution in [0, 0.1) is 11.3 Å². The van der Waals surface area contributed by atoms with E-state index in [9.17, 15) is 5.26 Å². The van der Waals surface area contributed by atoms with Gasteiger partial charge in [-0.3, -0.25) is 0 Å². The molecule has 1 aliphatic carbocycles. The van der Waals surface area contributed by atoms with Crippen molar-refractivity contribution < 1.29 is 0 Å².